The molecule has 1 saturated carbocycles. The molecule has 1 unspecified atom stereocenters. The van der Waals surface area contributed by atoms with Crippen molar-refractivity contribution in [2.75, 3.05) is 19.6 Å². The van der Waals surface area contributed by atoms with Crippen molar-refractivity contribution in [2.45, 2.75) is 57.9 Å². The molecule has 1 heterocycles. The van der Waals surface area contributed by atoms with Gasteiger partial charge in [-0.25, -0.2) is 0 Å². The smallest absolute Gasteiger partial charge is 0.236 e. The number of hydrogen-bond donors (Lipinski definition) is 1. The topological polar surface area (TPSA) is 32.3 Å². The first-order valence-corrected chi connectivity index (χ1v) is 7.31. The summed E-state index contributed by atoms with van der Waals surface area (Å²) in [5.41, 5.74) is 0. The van der Waals surface area contributed by atoms with Crippen molar-refractivity contribution >= 4 is 18.3 Å². The van der Waals surface area contributed by atoms with Crippen LogP contribution in [0, 0.1) is 5.92 Å². The number of hydrogen-bond acceptors (Lipinski definition) is 2. The van der Waals surface area contributed by atoms with Crippen LogP contribution in [0.25, 0.3) is 0 Å². The van der Waals surface area contributed by atoms with Crippen LogP contribution in [0.4, 0.5) is 0 Å². The van der Waals surface area contributed by atoms with Crippen molar-refractivity contribution in [3.05, 3.63) is 0 Å². The summed E-state index contributed by atoms with van der Waals surface area (Å²) in [5, 5.41) is 3.32. The van der Waals surface area contributed by atoms with E-state index in [-0.39, 0.29) is 12.4 Å². The second-order valence-corrected chi connectivity index (χ2v) is 5.60. The number of halogens is 1. The summed E-state index contributed by atoms with van der Waals surface area (Å²) in [6.07, 6.45) is 8.76. The predicted molar refractivity (Wildman–Crippen MR) is 77.1 cm³/mol. The Morgan fingerprint density at radius 3 is 2.72 bits per heavy atom. The predicted octanol–water partition coefficient (Wildman–Crippen LogP) is 2.59. The van der Waals surface area contributed by atoms with Gasteiger partial charge in [-0.3, -0.25) is 4.79 Å². The molecule has 1 amide bonds. The molecule has 2 fully saturated rings. The van der Waals surface area contributed by atoms with Gasteiger partial charge in [-0.15, -0.1) is 12.4 Å². The van der Waals surface area contributed by atoms with Crippen LogP contribution >= 0.6 is 12.4 Å². The monoisotopic (exact) mass is 274 g/mol. The average Bonchev–Trinajstić information content (AvgIpc) is 3.14. The number of carbonyl (C=O) groups excluding carboxylic acids is 1. The third-order valence-electron chi connectivity index (χ3n) is 3.98. The Bertz CT molecular complexity index is 254. The van der Waals surface area contributed by atoms with Crippen molar-refractivity contribution in [3.8, 4) is 0 Å². The number of likely N-dealkylation sites (tertiary alicyclic amines) is 1. The second kappa shape index (κ2) is 8.00. The summed E-state index contributed by atoms with van der Waals surface area (Å²) < 4.78 is 0. The molecule has 1 N–H and O–H groups in total. The average molecular weight is 275 g/mol. The van der Waals surface area contributed by atoms with Gasteiger partial charge >= 0.3 is 0 Å². The molecule has 0 aromatic carbocycles. The van der Waals surface area contributed by atoms with Gasteiger partial charge < -0.3 is 10.2 Å². The first-order valence-electron chi connectivity index (χ1n) is 7.31. The number of carbonyl (C=O) groups is 1. The lowest BCUT2D eigenvalue weighted by molar-refractivity contribution is -0.134. The lowest BCUT2D eigenvalue weighted by Gasteiger charge is -2.36. The molecule has 106 valence electrons. The van der Waals surface area contributed by atoms with Crippen LogP contribution < -0.4 is 5.32 Å². The zero-order valence-electron chi connectivity index (χ0n) is 11.5. The van der Waals surface area contributed by atoms with Crippen LogP contribution in [0.15, 0.2) is 0 Å². The highest BCUT2D eigenvalue weighted by Gasteiger charge is 2.26. The van der Waals surface area contributed by atoms with Crippen molar-refractivity contribution in [1.82, 2.24) is 10.2 Å². The third kappa shape index (κ3) is 4.77. The molecular weight excluding hydrogens is 248 g/mol. The first kappa shape index (κ1) is 15.8. The van der Waals surface area contributed by atoms with Gasteiger partial charge in [-0.1, -0.05) is 13.3 Å². The molecule has 1 saturated heterocycles. The zero-order chi connectivity index (χ0) is 12.1. The van der Waals surface area contributed by atoms with Gasteiger partial charge in [0.15, 0.2) is 0 Å². The summed E-state index contributed by atoms with van der Waals surface area (Å²) in [4.78, 5) is 14.3. The van der Waals surface area contributed by atoms with Crippen LogP contribution in [-0.2, 0) is 4.79 Å². The van der Waals surface area contributed by atoms with Crippen molar-refractivity contribution in [3.63, 3.8) is 0 Å². The normalized spacial score (nSPS) is 23.6. The molecule has 0 spiro atoms. The lowest BCUT2D eigenvalue weighted by Crippen LogP contribution is -2.47. The van der Waals surface area contributed by atoms with E-state index >= 15 is 0 Å². The van der Waals surface area contributed by atoms with Crippen molar-refractivity contribution in [1.29, 1.82) is 0 Å². The minimum absolute atomic E-state index is 0. The Kier molecular flexibility index (Phi) is 7.02. The van der Waals surface area contributed by atoms with E-state index < -0.39 is 0 Å². The Morgan fingerprint density at radius 2 is 2.06 bits per heavy atom. The Labute approximate surface area is 117 Å². The minimum atomic E-state index is 0. The highest BCUT2D eigenvalue weighted by Crippen LogP contribution is 2.27. The number of piperidine rings is 1. The fraction of sp³-hybridized carbons (Fsp3) is 0.929. The maximum atomic E-state index is 12.1. The number of nitrogens with zero attached hydrogens (tertiary/aromatic N) is 1. The summed E-state index contributed by atoms with van der Waals surface area (Å²) in [7, 11) is 0. The van der Waals surface area contributed by atoms with Gasteiger partial charge in [-0.05, 0) is 51.0 Å². The van der Waals surface area contributed by atoms with E-state index in [2.05, 4.69) is 17.1 Å². The zero-order valence-corrected chi connectivity index (χ0v) is 12.3. The maximum Gasteiger partial charge on any atom is 0.236 e. The standard InChI is InChI=1S/C14H26N2O.ClH/c1-2-5-13-6-3-4-9-16(13)14(17)11-15-10-12-7-8-12;/h12-13,15H,2-11H2,1H3;1H. The minimum Gasteiger partial charge on any atom is -0.339 e. The van der Waals surface area contributed by atoms with E-state index in [1.807, 2.05) is 0 Å². The van der Waals surface area contributed by atoms with Gasteiger partial charge in [0.25, 0.3) is 0 Å². The number of amides is 1. The first-order chi connectivity index (χ1) is 8.31. The van der Waals surface area contributed by atoms with Crippen molar-refractivity contribution < 1.29 is 4.79 Å². The summed E-state index contributed by atoms with van der Waals surface area (Å²) in [6, 6.07) is 0.518. The van der Waals surface area contributed by atoms with Gasteiger partial charge in [-0.2, -0.15) is 0 Å². The Morgan fingerprint density at radius 1 is 1.28 bits per heavy atom. The molecular formula is C14H27ClN2O. The molecule has 1 aliphatic heterocycles. The molecule has 0 radical (unpaired) electrons. The fourth-order valence-corrected chi connectivity index (χ4v) is 2.77. The van der Waals surface area contributed by atoms with E-state index in [0.29, 0.717) is 18.5 Å². The largest absolute Gasteiger partial charge is 0.339 e. The molecule has 3 nitrogen and oxygen atoms in total. The van der Waals surface area contributed by atoms with Gasteiger partial charge in [0.2, 0.25) is 5.91 Å². The molecule has 1 atom stereocenters. The van der Waals surface area contributed by atoms with Gasteiger partial charge in [0.1, 0.15) is 0 Å². The quantitative estimate of drug-likeness (QED) is 0.807. The molecule has 18 heavy (non-hydrogen) atoms. The van der Waals surface area contributed by atoms with Gasteiger partial charge in [0.05, 0.1) is 6.54 Å². The molecule has 2 rings (SSSR count). The number of nitrogens with one attached hydrogen (secondary N) is 1. The Balaban J connectivity index is 0.00000162. The SMILES string of the molecule is CCCC1CCCCN1C(=O)CNCC1CC1.Cl. The van der Waals surface area contributed by atoms with Gasteiger partial charge in [0, 0.05) is 12.6 Å². The van der Waals surface area contributed by atoms with E-state index in [1.165, 1.54) is 44.9 Å². The third-order valence-corrected chi connectivity index (χ3v) is 3.98. The van der Waals surface area contributed by atoms with Crippen LogP contribution in [0.5, 0.6) is 0 Å². The van der Waals surface area contributed by atoms with Crippen LogP contribution in [0.1, 0.15) is 51.9 Å². The lowest BCUT2D eigenvalue weighted by atomic mass is 9.98. The highest BCUT2D eigenvalue weighted by atomic mass is 35.5. The van der Waals surface area contributed by atoms with E-state index in [4.69, 9.17) is 0 Å². The summed E-state index contributed by atoms with van der Waals surface area (Å²) >= 11 is 0. The molecule has 0 aromatic rings. The number of rotatable bonds is 6. The van der Waals surface area contributed by atoms with Crippen molar-refractivity contribution in [2.24, 2.45) is 5.92 Å². The highest BCUT2D eigenvalue weighted by molar-refractivity contribution is 5.85. The molecule has 4 heteroatoms. The molecule has 2 aliphatic rings. The van der Waals surface area contributed by atoms with E-state index in [0.717, 1.165) is 19.0 Å². The molecule has 0 aromatic heterocycles. The summed E-state index contributed by atoms with van der Waals surface area (Å²) in [6.45, 7) is 4.78. The fourth-order valence-electron chi connectivity index (χ4n) is 2.77. The summed E-state index contributed by atoms with van der Waals surface area (Å²) in [5.74, 6) is 1.18. The van der Waals surface area contributed by atoms with Crippen LogP contribution in [0.2, 0.25) is 0 Å². The molecule has 1 aliphatic carbocycles. The second-order valence-electron chi connectivity index (χ2n) is 5.60. The maximum absolute atomic E-state index is 12.1. The van der Waals surface area contributed by atoms with E-state index in [9.17, 15) is 4.79 Å². The van der Waals surface area contributed by atoms with E-state index in [1.54, 1.807) is 0 Å². The van der Waals surface area contributed by atoms with Crippen LogP contribution in [-0.4, -0.2) is 36.5 Å². The molecule has 0 bridgehead atoms. The Hall–Kier alpha value is -0.280. The van der Waals surface area contributed by atoms with Crippen LogP contribution in [0.3, 0.4) is 0 Å².